The molecular weight excluding hydrogens is 399 g/mol. The minimum absolute atomic E-state index is 0.0687. The lowest BCUT2D eigenvalue weighted by atomic mass is 9.95. The maximum atomic E-state index is 13.3. The standard InChI is InChI=1S/C24H19FN2O4/c1-31-19-7-4-5-16(13-19)21-20(22(28)15-8-10-17(25)11-9-15)23(29)24(30)27(21)14-18-6-2-3-12-26-18/h2-13,21,28H,14H2,1H3/b22-20-. The summed E-state index contributed by atoms with van der Waals surface area (Å²) >= 11 is 0. The molecule has 2 aromatic carbocycles. The van der Waals surface area contributed by atoms with Gasteiger partial charge in [0.05, 0.1) is 31.0 Å². The van der Waals surface area contributed by atoms with Crippen LogP contribution < -0.4 is 4.74 Å². The van der Waals surface area contributed by atoms with Crippen LogP contribution in [0.4, 0.5) is 4.39 Å². The number of amides is 1. The number of ether oxygens (including phenoxy) is 1. The lowest BCUT2D eigenvalue weighted by Crippen LogP contribution is -2.29. The molecule has 6 nitrogen and oxygen atoms in total. The molecule has 1 aliphatic rings. The van der Waals surface area contributed by atoms with Gasteiger partial charge in [0.2, 0.25) is 0 Å². The van der Waals surface area contributed by atoms with E-state index in [9.17, 15) is 19.1 Å². The summed E-state index contributed by atoms with van der Waals surface area (Å²) in [4.78, 5) is 31.6. The fourth-order valence-electron chi connectivity index (χ4n) is 3.63. The number of methoxy groups -OCH3 is 1. The van der Waals surface area contributed by atoms with Crippen LogP contribution in [-0.2, 0) is 16.1 Å². The average Bonchev–Trinajstić information content (AvgIpc) is 3.05. The van der Waals surface area contributed by atoms with Gasteiger partial charge in [-0.1, -0.05) is 18.2 Å². The van der Waals surface area contributed by atoms with Gasteiger partial charge >= 0.3 is 0 Å². The molecule has 7 heteroatoms. The van der Waals surface area contributed by atoms with Gasteiger partial charge in [0.15, 0.2) is 0 Å². The Bertz CT molecular complexity index is 1160. The average molecular weight is 418 g/mol. The van der Waals surface area contributed by atoms with Crippen LogP contribution in [0.15, 0.2) is 78.5 Å². The quantitative estimate of drug-likeness (QED) is 0.387. The van der Waals surface area contributed by atoms with Crippen molar-refractivity contribution in [1.82, 2.24) is 9.88 Å². The molecule has 0 spiro atoms. The first-order chi connectivity index (χ1) is 15.0. The van der Waals surface area contributed by atoms with Crippen LogP contribution in [0.3, 0.4) is 0 Å². The summed E-state index contributed by atoms with van der Waals surface area (Å²) in [6.45, 7) is 0.0769. The summed E-state index contributed by atoms with van der Waals surface area (Å²) in [7, 11) is 1.52. The number of rotatable bonds is 5. The predicted molar refractivity (Wildman–Crippen MR) is 111 cm³/mol. The molecule has 0 radical (unpaired) electrons. The number of hydrogen-bond acceptors (Lipinski definition) is 5. The number of aliphatic hydroxyl groups excluding tert-OH is 1. The van der Waals surface area contributed by atoms with Gasteiger partial charge in [0.25, 0.3) is 11.7 Å². The number of Topliss-reactive ketones (excluding diaryl/α,β-unsaturated/α-hetero) is 1. The maximum Gasteiger partial charge on any atom is 0.296 e. The molecule has 1 atom stereocenters. The van der Waals surface area contributed by atoms with E-state index in [4.69, 9.17) is 4.74 Å². The highest BCUT2D eigenvalue weighted by atomic mass is 19.1. The second-order valence-electron chi connectivity index (χ2n) is 7.03. The van der Waals surface area contributed by atoms with Crippen LogP contribution >= 0.6 is 0 Å². The zero-order valence-electron chi connectivity index (χ0n) is 16.7. The number of hydrogen-bond donors (Lipinski definition) is 1. The summed E-state index contributed by atoms with van der Waals surface area (Å²) in [6.07, 6.45) is 1.60. The SMILES string of the molecule is COc1cccc(C2/C(=C(/O)c3ccc(F)cc3)C(=O)C(=O)N2Cc2ccccn2)c1. The van der Waals surface area contributed by atoms with E-state index in [1.165, 1.54) is 36.3 Å². The molecule has 1 aliphatic heterocycles. The Kier molecular flexibility index (Phi) is 5.49. The fourth-order valence-corrected chi connectivity index (χ4v) is 3.63. The van der Waals surface area contributed by atoms with E-state index < -0.39 is 23.5 Å². The first-order valence-corrected chi connectivity index (χ1v) is 9.58. The first-order valence-electron chi connectivity index (χ1n) is 9.58. The molecule has 31 heavy (non-hydrogen) atoms. The van der Waals surface area contributed by atoms with Crippen molar-refractivity contribution < 1.29 is 23.8 Å². The van der Waals surface area contributed by atoms with Crippen molar-refractivity contribution in [2.24, 2.45) is 0 Å². The number of carbonyl (C=O) groups excluding carboxylic acids is 2. The fraction of sp³-hybridized carbons (Fsp3) is 0.125. The van der Waals surface area contributed by atoms with Gasteiger partial charge < -0.3 is 14.7 Å². The van der Waals surface area contributed by atoms with E-state index in [2.05, 4.69) is 4.98 Å². The number of ketones is 1. The van der Waals surface area contributed by atoms with Crippen LogP contribution in [0, 0.1) is 5.82 Å². The molecule has 156 valence electrons. The van der Waals surface area contributed by atoms with E-state index in [0.717, 1.165) is 0 Å². The molecule has 0 bridgehead atoms. The molecule has 0 aliphatic carbocycles. The molecule has 2 heterocycles. The Morgan fingerprint density at radius 2 is 1.87 bits per heavy atom. The van der Waals surface area contributed by atoms with Crippen molar-refractivity contribution in [1.29, 1.82) is 0 Å². The smallest absolute Gasteiger partial charge is 0.296 e. The summed E-state index contributed by atoms with van der Waals surface area (Å²) in [5, 5.41) is 11.0. The monoisotopic (exact) mass is 418 g/mol. The molecule has 1 unspecified atom stereocenters. The van der Waals surface area contributed by atoms with E-state index in [0.29, 0.717) is 17.0 Å². The van der Waals surface area contributed by atoms with Gasteiger partial charge in [-0.3, -0.25) is 14.6 Å². The third-order valence-electron chi connectivity index (χ3n) is 5.13. The number of likely N-dealkylation sites (tertiary alicyclic amines) is 1. The predicted octanol–water partition coefficient (Wildman–Crippen LogP) is 3.85. The van der Waals surface area contributed by atoms with Gasteiger partial charge in [0.1, 0.15) is 17.3 Å². The molecular formula is C24H19FN2O4. The molecule has 1 amide bonds. The topological polar surface area (TPSA) is 79.7 Å². The molecule has 1 N–H and O–H groups in total. The summed E-state index contributed by atoms with van der Waals surface area (Å²) < 4.78 is 18.6. The number of aromatic nitrogens is 1. The third-order valence-corrected chi connectivity index (χ3v) is 5.13. The zero-order valence-corrected chi connectivity index (χ0v) is 16.7. The van der Waals surface area contributed by atoms with Crippen LogP contribution in [0.1, 0.15) is 22.9 Å². The molecule has 3 aromatic rings. The molecule has 4 rings (SSSR count). The number of pyridine rings is 1. The van der Waals surface area contributed by atoms with Crippen LogP contribution in [-0.4, -0.2) is 33.8 Å². The van der Waals surface area contributed by atoms with Crippen LogP contribution in [0.2, 0.25) is 0 Å². The van der Waals surface area contributed by atoms with E-state index in [-0.39, 0.29) is 23.4 Å². The molecule has 1 saturated heterocycles. The zero-order chi connectivity index (χ0) is 22.0. The number of aliphatic hydroxyl groups is 1. The van der Waals surface area contributed by atoms with Crippen molar-refractivity contribution in [3.63, 3.8) is 0 Å². The van der Waals surface area contributed by atoms with Crippen molar-refractivity contribution in [3.05, 3.63) is 101 Å². The minimum Gasteiger partial charge on any atom is -0.507 e. The van der Waals surface area contributed by atoms with Crippen molar-refractivity contribution in [2.45, 2.75) is 12.6 Å². The van der Waals surface area contributed by atoms with Gasteiger partial charge in [-0.25, -0.2) is 4.39 Å². The highest BCUT2D eigenvalue weighted by molar-refractivity contribution is 6.46. The Morgan fingerprint density at radius 1 is 1.10 bits per heavy atom. The molecule has 1 fully saturated rings. The van der Waals surface area contributed by atoms with Gasteiger partial charge in [-0.2, -0.15) is 0 Å². The number of nitrogens with zero attached hydrogens (tertiary/aromatic N) is 2. The first kappa shape index (κ1) is 20.3. The van der Waals surface area contributed by atoms with E-state index >= 15 is 0 Å². The lowest BCUT2D eigenvalue weighted by Gasteiger charge is -2.25. The summed E-state index contributed by atoms with van der Waals surface area (Å²) in [6, 6.07) is 16.5. The Hall–Kier alpha value is -4.00. The van der Waals surface area contributed by atoms with Crippen molar-refractivity contribution in [3.8, 4) is 5.75 Å². The molecule has 1 aromatic heterocycles. The van der Waals surface area contributed by atoms with Crippen LogP contribution in [0.5, 0.6) is 5.75 Å². The minimum atomic E-state index is -0.859. The van der Waals surface area contributed by atoms with Gasteiger partial charge in [-0.15, -0.1) is 0 Å². The van der Waals surface area contributed by atoms with E-state index in [1.54, 1.807) is 48.7 Å². The summed E-state index contributed by atoms with van der Waals surface area (Å²) in [5.74, 6) is -1.86. The second kappa shape index (κ2) is 8.39. The van der Waals surface area contributed by atoms with Crippen molar-refractivity contribution >= 4 is 17.4 Å². The van der Waals surface area contributed by atoms with E-state index in [1.807, 2.05) is 0 Å². The number of carbonyl (C=O) groups is 2. The largest absolute Gasteiger partial charge is 0.507 e. The Labute approximate surface area is 178 Å². The number of halogens is 1. The highest BCUT2D eigenvalue weighted by Gasteiger charge is 2.46. The maximum absolute atomic E-state index is 13.3. The van der Waals surface area contributed by atoms with Gasteiger partial charge in [0, 0.05) is 11.8 Å². The van der Waals surface area contributed by atoms with Crippen LogP contribution in [0.25, 0.3) is 5.76 Å². The molecule has 0 saturated carbocycles. The highest BCUT2D eigenvalue weighted by Crippen LogP contribution is 2.40. The van der Waals surface area contributed by atoms with Crippen molar-refractivity contribution in [2.75, 3.05) is 7.11 Å². The lowest BCUT2D eigenvalue weighted by molar-refractivity contribution is -0.140. The normalized spacial score (nSPS) is 17.7. The van der Waals surface area contributed by atoms with Gasteiger partial charge in [-0.05, 0) is 54.1 Å². The second-order valence-corrected chi connectivity index (χ2v) is 7.03. The summed E-state index contributed by atoms with van der Waals surface area (Å²) in [5.41, 5.74) is 1.36. The third kappa shape index (κ3) is 3.90. The Balaban J connectivity index is 1.87. The number of benzene rings is 2. The Morgan fingerprint density at radius 3 is 2.55 bits per heavy atom.